The Balaban J connectivity index is 1.50. The molecular formula is C24H27N3O2. The quantitative estimate of drug-likeness (QED) is 0.613. The molecule has 0 saturated carbocycles. The minimum Gasteiger partial charge on any atom is -0.462 e. The van der Waals surface area contributed by atoms with Crippen molar-refractivity contribution in [1.82, 2.24) is 4.98 Å². The van der Waals surface area contributed by atoms with E-state index < -0.39 is 0 Å². The number of hydrogen-bond donors (Lipinski definition) is 1. The first-order valence-corrected chi connectivity index (χ1v) is 10.2. The normalized spacial score (nSPS) is 15.3. The highest BCUT2D eigenvalue weighted by Gasteiger charge is 2.18. The van der Waals surface area contributed by atoms with Gasteiger partial charge in [-0.25, -0.2) is 4.98 Å². The molecule has 0 radical (unpaired) electrons. The molecule has 0 spiro atoms. The average Bonchev–Trinajstić information content (AvgIpc) is 3.12. The van der Waals surface area contributed by atoms with Gasteiger partial charge in [0, 0.05) is 30.2 Å². The van der Waals surface area contributed by atoms with Crippen LogP contribution in [0.5, 0.6) is 0 Å². The Labute approximate surface area is 171 Å². The fraction of sp³-hybridized carbons (Fsp3) is 0.333. The third-order valence-electron chi connectivity index (χ3n) is 5.54. The highest BCUT2D eigenvalue weighted by Crippen LogP contribution is 2.28. The molecule has 1 N–H and O–H groups in total. The molecule has 0 bridgehead atoms. The van der Waals surface area contributed by atoms with Gasteiger partial charge in [-0.15, -0.1) is 0 Å². The second-order valence-electron chi connectivity index (χ2n) is 7.97. The summed E-state index contributed by atoms with van der Waals surface area (Å²) < 4.78 is 5.45. The summed E-state index contributed by atoms with van der Waals surface area (Å²) in [6.45, 7) is 8.42. The number of piperidine rings is 1. The predicted molar refractivity (Wildman–Crippen MR) is 118 cm³/mol. The number of benzene rings is 1. The number of fused-ring (bicyclic) bond motifs is 1. The van der Waals surface area contributed by atoms with Gasteiger partial charge in [0.05, 0.1) is 5.52 Å². The number of carbonyl (C=O) groups is 1. The summed E-state index contributed by atoms with van der Waals surface area (Å²) in [5, 5.41) is 3.97. The molecule has 1 aliphatic heterocycles. The molecule has 2 aromatic heterocycles. The lowest BCUT2D eigenvalue weighted by Gasteiger charge is -2.31. The molecule has 3 heterocycles. The molecule has 3 aromatic rings. The van der Waals surface area contributed by atoms with E-state index in [9.17, 15) is 4.79 Å². The van der Waals surface area contributed by atoms with E-state index in [1.165, 1.54) is 24.5 Å². The molecule has 1 aliphatic rings. The summed E-state index contributed by atoms with van der Waals surface area (Å²) in [4.78, 5) is 19.5. The van der Waals surface area contributed by atoms with Gasteiger partial charge in [-0.1, -0.05) is 6.92 Å². The number of furan rings is 1. The maximum Gasteiger partial charge on any atom is 0.248 e. The summed E-state index contributed by atoms with van der Waals surface area (Å²) in [5.41, 5.74) is 2.88. The zero-order valence-electron chi connectivity index (χ0n) is 17.2. The number of rotatable bonds is 4. The van der Waals surface area contributed by atoms with E-state index >= 15 is 0 Å². The number of pyridine rings is 1. The molecule has 0 aliphatic carbocycles. The fourth-order valence-electron chi connectivity index (χ4n) is 3.74. The molecule has 1 saturated heterocycles. The third-order valence-corrected chi connectivity index (χ3v) is 5.54. The number of nitrogens with one attached hydrogen (secondary N) is 1. The predicted octanol–water partition coefficient (Wildman–Crippen LogP) is 5.33. The second-order valence-corrected chi connectivity index (χ2v) is 7.97. The van der Waals surface area contributed by atoms with Crippen molar-refractivity contribution >= 4 is 34.4 Å². The zero-order valence-corrected chi connectivity index (χ0v) is 17.2. The van der Waals surface area contributed by atoms with Crippen molar-refractivity contribution in [3.63, 3.8) is 0 Å². The molecule has 0 unspecified atom stereocenters. The average molecular weight is 389 g/mol. The number of hydrogen-bond acceptors (Lipinski definition) is 4. The Morgan fingerprint density at radius 1 is 1.17 bits per heavy atom. The van der Waals surface area contributed by atoms with Crippen molar-refractivity contribution in [3.8, 4) is 0 Å². The maximum atomic E-state index is 12.2. The van der Waals surface area contributed by atoms with Crippen LogP contribution in [0.4, 0.5) is 11.5 Å². The molecule has 5 heteroatoms. The summed E-state index contributed by atoms with van der Waals surface area (Å²) in [6, 6.07) is 11.7. The number of aromatic nitrogens is 1. The highest BCUT2D eigenvalue weighted by molar-refractivity contribution is 6.03. The number of aryl methyl sites for hydroxylation is 2. The van der Waals surface area contributed by atoms with Crippen LogP contribution in [0.15, 0.2) is 46.9 Å². The van der Waals surface area contributed by atoms with Crippen LogP contribution in [0.25, 0.3) is 17.0 Å². The zero-order chi connectivity index (χ0) is 20.4. The molecule has 150 valence electrons. The minimum atomic E-state index is -0.192. The second kappa shape index (κ2) is 8.11. The Morgan fingerprint density at radius 3 is 2.69 bits per heavy atom. The van der Waals surface area contributed by atoms with Gasteiger partial charge in [0.2, 0.25) is 5.91 Å². The van der Waals surface area contributed by atoms with Gasteiger partial charge in [0.25, 0.3) is 0 Å². The minimum absolute atomic E-state index is 0.192. The van der Waals surface area contributed by atoms with E-state index in [2.05, 4.69) is 30.1 Å². The number of carbonyl (C=O) groups excluding carboxylic acids is 1. The summed E-state index contributed by atoms with van der Waals surface area (Å²) >= 11 is 0. The van der Waals surface area contributed by atoms with Gasteiger partial charge < -0.3 is 14.6 Å². The van der Waals surface area contributed by atoms with E-state index in [0.717, 1.165) is 47.2 Å². The van der Waals surface area contributed by atoms with Gasteiger partial charge in [-0.3, -0.25) is 4.79 Å². The lowest BCUT2D eigenvalue weighted by Crippen LogP contribution is -2.33. The Hall–Kier alpha value is -3.08. The summed E-state index contributed by atoms with van der Waals surface area (Å²) in [7, 11) is 0. The SMILES string of the molecule is Cc1ccc(/C=C/C(=O)Nc2ccc3nc(N4CCC(C)CC4)cc(C)c3c2)o1. The first-order chi connectivity index (χ1) is 14.0. The lowest BCUT2D eigenvalue weighted by molar-refractivity contribution is -0.111. The Kier molecular flexibility index (Phi) is 5.38. The van der Waals surface area contributed by atoms with Crippen LogP contribution >= 0.6 is 0 Å². The Bertz CT molecular complexity index is 1060. The molecular weight excluding hydrogens is 362 g/mol. The van der Waals surface area contributed by atoms with Crippen molar-refractivity contribution in [3.05, 3.63) is 59.6 Å². The van der Waals surface area contributed by atoms with Gasteiger partial charge in [0.15, 0.2) is 0 Å². The third kappa shape index (κ3) is 4.50. The molecule has 1 amide bonds. The Morgan fingerprint density at radius 2 is 1.97 bits per heavy atom. The van der Waals surface area contributed by atoms with Crippen molar-refractivity contribution in [1.29, 1.82) is 0 Å². The van der Waals surface area contributed by atoms with E-state index in [4.69, 9.17) is 9.40 Å². The van der Waals surface area contributed by atoms with Gasteiger partial charge >= 0.3 is 0 Å². The molecule has 29 heavy (non-hydrogen) atoms. The number of anilines is 2. The lowest BCUT2D eigenvalue weighted by atomic mass is 9.99. The molecule has 0 atom stereocenters. The largest absolute Gasteiger partial charge is 0.462 e. The number of nitrogens with zero attached hydrogens (tertiary/aromatic N) is 2. The highest BCUT2D eigenvalue weighted by atomic mass is 16.3. The molecule has 4 rings (SSSR count). The van der Waals surface area contributed by atoms with Crippen LogP contribution in [0, 0.1) is 19.8 Å². The van der Waals surface area contributed by atoms with Crippen molar-refractivity contribution in [2.45, 2.75) is 33.6 Å². The van der Waals surface area contributed by atoms with Crippen LogP contribution in [-0.2, 0) is 4.79 Å². The van der Waals surface area contributed by atoms with Crippen LogP contribution in [0.2, 0.25) is 0 Å². The maximum absolute atomic E-state index is 12.2. The van der Waals surface area contributed by atoms with E-state index in [-0.39, 0.29) is 5.91 Å². The van der Waals surface area contributed by atoms with Crippen LogP contribution in [0.3, 0.4) is 0 Å². The van der Waals surface area contributed by atoms with Crippen LogP contribution in [-0.4, -0.2) is 24.0 Å². The first kappa shape index (κ1) is 19.2. The standard InChI is InChI=1S/C24H27N3O2/c1-16-10-12-27(13-11-16)23-14-17(2)21-15-19(5-8-22(21)26-23)25-24(28)9-7-20-6-4-18(3)29-20/h4-9,14-16H,10-13H2,1-3H3,(H,25,28)/b9-7+. The van der Waals surface area contributed by atoms with Crippen molar-refractivity contribution in [2.75, 3.05) is 23.3 Å². The van der Waals surface area contributed by atoms with Crippen molar-refractivity contribution < 1.29 is 9.21 Å². The summed E-state index contributed by atoms with van der Waals surface area (Å²) in [6.07, 6.45) is 5.58. The van der Waals surface area contributed by atoms with Crippen LogP contribution in [0.1, 0.15) is 36.8 Å². The smallest absolute Gasteiger partial charge is 0.248 e. The first-order valence-electron chi connectivity index (χ1n) is 10.2. The van der Waals surface area contributed by atoms with E-state index in [1.54, 1.807) is 6.08 Å². The topological polar surface area (TPSA) is 58.4 Å². The summed E-state index contributed by atoms with van der Waals surface area (Å²) in [5.74, 6) is 3.14. The number of amides is 1. The van der Waals surface area contributed by atoms with Gasteiger partial charge in [0.1, 0.15) is 17.3 Å². The van der Waals surface area contributed by atoms with E-state index in [1.807, 2.05) is 37.3 Å². The van der Waals surface area contributed by atoms with Crippen LogP contribution < -0.4 is 10.2 Å². The molecule has 5 nitrogen and oxygen atoms in total. The monoisotopic (exact) mass is 389 g/mol. The fourth-order valence-corrected chi connectivity index (χ4v) is 3.74. The molecule has 1 aromatic carbocycles. The van der Waals surface area contributed by atoms with Gasteiger partial charge in [-0.2, -0.15) is 0 Å². The van der Waals surface area contributed by atoms with E-state index in [0.29, 0.717) is 5.76 Å². The molecule has 1 fully saturated rings. The van der Waals surface area contributed by atoms with Gasteiger partial charge in [-0.05, 0) is 80.6 Å². The van der Waals surface area contributed by atoms with Crippen molar-refractivity contribution in [2.24, 2.45) is 5.92 Å².